The van der Waals surface area contributed by atoms with Crippen LogP contribution in [0.5, 0.6) is 0 Å². The number of nitrogens with two attached hydrogens (primary N) is 1. The number of nitroso groups, excluding NO2 is 1. The summed E-state index contributed by atoms with van der Waals surface area (Å²) in [6.07, 6.45) is 0. The van der Waals surface area contributed by atoms with Crippen molar-refractivity contribution < 1.29 is 4.92 Å². The number of nitro benzene ring substituents is 1. The van der Waals surface area contributed by atoms with Gasteiger partial charge in [-0.05, 0) is 17.3 Å². The highest BCUT2D eigenvalue weighted by atomic mass is 16.6. The minimum atomic E-state index is -0.576. The first-order valence-corrected chi connectivity index (χ1v) is 4.24. The third-order valence-corrected chi connectivity index (χ3v) is 1.74. The van der Waals surface area contributed by atoms with Gasteiger partial charge in [0.05, 0.1) is 4.92 Å². The molecule has 80 valence electrons. The predicted molar refractivity (Wildman–Crippen MR) is 56.1 cm³/mol. The van der Waals surface area contributed by atoms with Crippen LogP contribution in [-0.4, -0.2) is 18.0 Å². The van der Waals surface area contributed by atoms with Crippen LogP contribution >= 0.6 is 0 Å². The average Bonchev–Trinajstić information content (AvgIpc) is 2.26. The Hall–Kier alpha value is -2.02. The van der Waals surface area contributed by atoms with Crippen molar-refractivity contribution in [1.82, 2.24) is 0 Å². The van der Waals surface area contributed by atoms with Crippen LogP contribution in [0, 0.1) is 15.0 Å². The zero-order valence-corrected chi connectivity index (χ0v) is 7.84. The van der Waals surface area contributed by atoms with Crippen LogP contribution < -0.4 is 11.1 Å². The Balaban J connectivity index is 3.03. The molecule has 1 aromatic carbocycles. The number of rotatable bonds is 5. The van der Waals surface area contributed by atoms with Gasteiger partial charge < -0.3 is 11.1 Å². The van der Waals surface area contributed by atoms with E-state index in [9.17, 15) is 15.0 Å². The zero-order valence-electron chi connectivity index (χ0n) is 7.84. The number of hydrogen-bond acceptors (Lipinski definition) is 6. The lowest BCUT2D eigenvalue weighted by Crippen LogP contribution is -2.13. The van der Waals surface area contributed by atoms with Crippen molar-refractivity contribution in [1.29, 1.82) is 0 Å². The Morgan fingerprint density at radius 1 is 1.53 bits per heavy atom. The highest BCUT2D eigenvalue weighted by Gasteiger charge is 2.14. The monoisotopic (exact) mass is 210 g/mol. The molecule has 0 aliphatic carbocycles. The average molecular weight is 210 g/mol. The number of hydrogen-bond donors (Lipinski definition) is 2. The van der Waals surface area contributed by atoms with Gasteiger partial charge in [0.25, 0.3) is 5.69 Å². The number of nitro groups is 1. The topological polar surface area (TPSA) is 111 Å². The standard InChI is InChI=1S/C8H10N4O3/c9-3-4-10-7-2-1-6(11-13)5-8(7)12(14)15/h1-2,5,10H,3-4,9H2. The lowest BCUT2D eigenvalue weighted by atomic mass is 10.2. The number of nitrogens with one attached hydrogen (secondary N) is 1. The molecule has 0 amide bonds. The fraction of sp³-hybridized carbons (Fsp3) is 0.250. The van der Waals surface area contributed by atoms with E-state index in [1.54, 1.807) is 0 Å². The summed E-state index contributed by atoms with van der Waals surface area (Å²) in [6.45, 7) is 0.791. The van der Waals surface area contributed by atoms with Crippen LogP contribution in [0.3, 0.4) is 0 Å². The van der Waals surface area contributed by atoms with Crippen LogP contribution in [-0.2, 0) is 0 Å². The molecule has 0 saturated heterocycles. The molecule has 0 unspecified atom stereocenters. The second-order valence-electron chi connectivity index (χ2n) is 2.77. The van der Waals surface area contributed by atoms with Crippen LogP contribution in [0.2, 0.25) is 0 Å². The van der Waals surface area contributed by atoms with E-state index in [1.165, 1.54) is 12.1 Å². The van der Waals surface area contributed by atoms with E-state index >= 15 is 0 Å². The minimum absolute atomic E-state index is 0.0278. The van der Waals surface area contributed by atoms with Gasteiger partial charge in [-0.1, -0.05) is 0 Å². The largest absolute Gasteiger partial charge is 0.378 e. The Kier molecular flexibility index (Phi) is 3.69. The second kappa shape index (κ2) is 5.01. The summed E-state index contributed by atoms with van der Waals surface area (Å²) in [4.78, 5) is 20.3. The molecule has 3 N–H and O–H groups in total. The van der Waals surface area contributed by atoms with E-state index in [4.69, 9.17) is 5.73 Å². The van der Waals surface area contributed by atoms with Gasteiger partial charge >= 0.3 is 0 Å². The third kappa shape index (κ3) is 2.71. The molecule has 0 aliphatic heterocycles. The quantitative estimate of drug-likeness (QED) is 0.433. The molecule has 0 saturated carbocycles. The van der Waals surface area contributed by atoms with Gasteiger partial charge in [0.2, 0.25) is 0 Å². The fourth-order valence-electron chi connectivity index (χ4n) is 1.08. The van der Waals surface area contributed by atoms with Crippen LogP contribution in [0.25, 0.3) is 0 Å². The van der Waals surface area contributed by atoms with Gasteiger partial charge in [-0.25, -0.2) is 0 Å². The maximum absolute atomic E-state index is 10.6. The molecule has 7 nitrogen and oxygen atoms in total. The number of anilines is 1. The van der Waals surface area contributed by atoms with Gasteiger partial charge in [-0.3, -0.25) is 10.1 Å². The molecule has 0 aromatic heterocycles. The van der Waals surface area contributed by atoms with E-state index in [0.717, 1.165) is 6.07 Å². The molecule has 0 fully saturated rings. The predicted octanol–water partition coefficient (Wildman–Crippen LogP) is 1.36. The van der Waals surface area contributed by atoms with Gasteiger partial charge in [0.1, 0.15) is 11.4 Å². The Morgan fingerprint density at radius 2 is 2.27 bits per heavy atom. The van der Waals surface area contributed by atoms with Gasteiger partial charge in [0.15, 0.2) is 0 Å². The molecule has 1 rings (SSSR count). The molecule has 1 aromatic rings. The molecule has 7 heteroatoms. The van der Waals surface area contributed by atoms with Gasteiger partial charge in [-0.15, -0.1) is 4.91 Å². The molecule has 0 bridgehead atoms. The first kappa shape index (κ1) is 11.1. The molecule has 0 heterocycles. The van der Waals surface area contributed by atoms with E-state index in [1.807, 2.05) is 0 Å². The summed E-state index contributed by atoms with van der Waals surface area (Å²) in [7, 11) is 0. The first-order chi connectivity index (χ1) is 7.19. The highest BCUT2D eigenvalue weighted by molar-refractivity contribution is 5.66. The minimum Gasteiger partial charge on any atom is -0.378 e. The van der Waals surface area contributed by atoms with E-state index in [-0.39, 0.29) is 11.4 Å². The van der Waals surface area contributed by atoms with Gasteiger partial charge in [-0.2, -0.15) is 0 Å². The molecular formula is C8H10N4O3. The smallest absolute Gasteiger partial charge is 0.294 e. The van der Waals surface area contributed by atoms with Gasteiger partial charge in [0, 0.05) is 19.2 Å². The summed E-state index contributed by atoms with van der Waals surface area (Å²) in [5.74, 6) is 0. The molecular weight excluding hydrogens is 200 g/mol. The summed E-state index contributed by atoms with van der Waals surface area (Å²) >= 11 is 0. The summed E-state index contributed by atoms with van der Waals surface area (Å²) in [5, 5.41) is 16.1. The van der Waals surface area contributed by atoms with Crippen molar-refractivity contribution in [2.45, 2.75) is 0 Å². The van der Waals surface area contributed by atoms with E-state index < -0.39 is 4.92 Å². The van der Waals surface area contributed by atoms with Crippen LogP contribution in [0.4, 0.5) is 17.1 Å². The lowest BCUT2D eigenvalue weighted by molar-refractivity contribution is -0.383. The number of benzene rings is 1. The number of nitrogens with zero attached hydrogens (tertiary/aromatic N) is 2. The summed E-state index contributed by atoms with van der Waals surface area (Å²) in [6, 6.07) is 3.95. The highest BCUT2D eigenvalue weighted by Crippen LogP contribution is 2.28. The maximum Gasteiger partial charge on any atom is 0.294 e. The van der Waals surface area contributed by atoms with Crippen molar-refractivity contribution in [3.63, 3.8) is 0 Å². The maximum atomic E-state index is 10.6. The molecule has 0 atom stereocenters. The lowest BCUT2D eigenvalue weighted by Gasteiger charge is -2.04. The van der Waals surface area contributed by atoms with E-state index in [0.29, 0.717) is 18.8 Å². The second-order valence-corrected chi connectivity index (χ2v) is 2.77. The van der Waals surface area contributed by atoms with Crippen molar-refractivity contribution in [2.24, 2.45) is 10.9 Å². The normalized spacial score (nSPS) is 9.67. The van der Waals surface area contributed by atoms with Crippen molar-refractivity contribution in [3.8, 4) is 0 Å². The third-order valence-electron chi connectivity index (χ3n) is 1.74. The zero-order chi connectivity index (χ0) is 11.3. The Bertz CT molecular complexity index is 380. The summed E-state index contributed by atoms with van der Waals surface area (Å²) < 4.78 is 0. The van der Waals surface area contributed by atoms with Crippen LogP contribution in [0.15, 0.2) is 23.4 Å². The Labute approximate surface area is 85.4 Å². The molecule has 0 spiro atoms. The van der Waals surface area contributed by atoms with Crippen molar-refractivity contribution >= 4 is 17.1 Å². The molecule has 0 aliphatic rings. The molecule has 0 radical (unpaired) electrons. The first-order valence-electron chi connectivity index (χ1n) is 4.24. The Morgan fingerprint density at radius 3 is 2.80 bits per heavy atom. The summed E-state index contributed by atoms with van der Waals surface area (Å²) in [5.41, 5.74) is 5.44. The SMILES string of the molecule is NCCNc1ccc(N=O)cc1[N+](=O)[O-]. The van der Waals surface area contributed by atoms with E-state index in [2.05, 4.69) is 10.5 Å². The van der Waals surface area contributed by atoms with Crippen molar-refractivity contribution in [2.75, 3.05) is 18.4 Å². The fourth-order valence-corrected chi connectivity index (χ4v) is 1.08. The van der Waals surface area contributed by atoms with Crippen molar-refractivity contribution in [3.05, 3.63) is 33.2 Å². The molecule has 15 heavy (non-hydrogen) atoms. The van der Waals surface area contributed by atoms with Crippen LogP contribution in [0.1, 0.15) is 0 Å².